The summed E-state index contributed by atoms with van der Waals surface area (Å²) < 4.78 is 11.8. The second kappa shape index (κ2) is 9.90. The van der Waals surface area contributed by atoms with Crippen molar-refractivity contribution in [3.05, 3.63) is 88.5 Å². The van der Waals surface area contributed by atoms with Crippen LogP contribution in [0.2, 0.25) is 0 Å². The van der Waals surface area contributed by atoms with E-state index in [9.17, 15) is 4.79 Å². The summed E-state index contributed by atoms with van der Waals surface area (Å²) in [7, 11) is 0. The number of carbonyl (C=O) groups is 1. The quantitative estimate of drug-likeness (QED) is 0.446. The third-order valence-electron chi connectivity index (χ3n) is 5.59. The van der Waals surface area contributed by atoms with Crippen molar-refractivity contribution in [1.29, 1.82) is 0 Å². The van der Waals surface area contributed by atoms with Crippen LogP contribution in [0.1, 0.15) is 60.3 Å². The molecule has 0 aliphatic rings. The zero-order valence-electron chi connectivity index (χ0n) is 19.9. The highest BCUT2D eigenvalue weighted by Gasteiger charge is 2.15. The number of hydrogen-bond donors (Lipinski definition) is 1. The molecule has 0 saturated heterocycles. The molecule has 0 heterocycles. The van der Waals surface area contributed by atoms with Crippen LogP contribution >= 0.6 is 0 Å². The third-order valence-corrected chi connectivity index (χ3v) is 5.59. The predicted octanol–water partition coefficient (Wildman–Crippen LogP) is 6.83. The first-order chi connectivity index (χ1) is 15.2. The van der Waals surface area contributed by atoms with Crippen molar-refractivity contribution in [2.45, 2.75) is 53.6 Å². The minimum atomic E-state index is -0.155. The molecule has 0 bridgehead atoms. The number of hydrogen-bond acceptors (Lipinski definition) is 3. The molecule has 0 aromatic heterocycles. The summed E-state index contributed by atoms with van der Waals surface area (Å²) in [5.41, 5.74) is 5.77. The molecule has 0 fully saturated rings. The van der Waals surface area contributed by atoms with Gasteiger partial charge in [-0.3, -0.25) is 4.79 Å². The Morgan fingerprint density at radius 1 is 0.938 bits per heavy atom. The van der Waals surface area contributed by atoms with Gasteiger partial charge in [-0.15, -0.1) is 0 Å². The highest BCUT2D eigenvalue weighted by atomic mass is 16.5. The molecule has 0 aliphatic heterocycles. The van der Waals surface area contributed by atoms with Gasteiger partial charge in [-0.1, -0.05) is 45.0 Å². The van der Waals surface area contributed by atoms with Gasteiger partial charge in [0.25, 0.3) is 5.91 Å². The minimum absolute atomic E-state index is 0.0952. The Balaban J connectivity index is 1.78. The van der Waals surface area contributed by atoms with E-state index in [0.717, 1.165) is 33.9 Å². The van der Waals surface area contributed by atoms with E-state index in [1.807, 2.05) is 63.2 Å². The van der Waals surface area contributed by atoms with E-state index in [4.69, 9.17) is 9.47 Å². The average Bonchev–Trinajstić information content (AvgIpc) is 2.76. The van der Waals surface area contributed by atoms with Crippen molar-refractivity contribution >= 4 is 11.6 Å². The number of rotatable bonds is 7. The molecule has 0 saturated carbocycles. The third kappa shape index (κ3) is 5.70. The molecule has 0 unspecified atom stereocenters. The van der Waals surface area contributed by atoms with Crippen LogP contribution < -0.4 is 14.8 Å². The number of benzene rings is 3. The SMILES string of the molecule is CCOc1ccc(C(=O)Nc2cccc(C)c2C)cc1COc1ccc(C(C)(C)C)cc1. The van der Waals surface area contributed by atoms with Crippen LogP contribution in [0.3, 0.4) is 0 Å². The molecule has 0 atom stereocenters. The Labute approximate surface area is 191 Å². The molecule has 1 N–H and O–H groups in total. The van der Waals surface area contributed by atoms with Crippen molar-refractivity contribution in [2.24, 2.45) is 0 Å². The summed E-state index contributed by atoms with van der Waals surface area (Å²) in [5.74, 6) is 1.35. The van der Waals surface area contributed by atoms with E-state index >= 15 is 0 Å². The first kappa shape index (κ1) is 23.4. The topological polar surface area (TPSA) is 47.6 Å². The Morgan fingerprint density at radius 3 is 2.31 bits per heavy atom. The van der Waals surface area contributed by atoms with Gasteiger partial charge >= 0.3 is 0 Å². The van der Waals surface area contributed by atoms with E-state index in [-0.39, 0.29) is 11.3 Å². The maximum Gasteiger partial charge on any atom is 0.255 e. The van der Waals surface area contributed by atoms with Gasteiger partial charge in [0.05, 0.1) is 6.61 Å². The van der Waals surface area contributed by atoms with Crippen LogP contribution in [0.25, 0.3) is 0 Å². The van der Waals surface area contributed by atoms with Gasteiger partial charge in [-0.05, 0) is 79.3 Å². The highest BCUT2D eigenvalue weighted by Crippen LogP contribution is 2.27. The fourth-order valence-electron chi connectivity index (χ4n) is 3.42. The lowest BCUT2D eigenvalue weighted by Gasteiger charge is -2.19. The Bertz CT molecular complexity index is 1080. The number of aryl methyl sites for hydroxylation is 1. The van der Waals surface area contributed by atoms with Crippen LogP contribution in [0.15, 0.2) is 60.7 Å². The predicted molar refractivity (Wildman–Crippen MR) is 131 cm³/mol. The van der Waals surface area contributed by atoms with Gasteiger partial charge in [0.15, 0.2) is 0 Å². The van der Waals surface area contributed by atoms with Crippen molar-refractivity contribution in [2.75, 3.05) is 11.9 Å². The second-order valence-corrected chi connectivity index (χ2v) is 9.02. The van der Waals surface area contributed by atoms with E-state index in [1.165, 1.54) is 5.56 Å². The monoisotopic (exact) mass is 431 g/mol. The lowest BCUT2D eigenvalue weighted by atomic mass is 9.87. The molecule has 1 amide bonds. The van der Waals surface area contributed by atoms with Crippen molar-refractivity contribution in [1.82, 2.24) is 0 Å². The molecule has 3 aromatic carbocycles. The lowest BCUT2D eigenvalue weighted by molar-refractivity contribution is 0.102. The molecular weight excluding hydrogens is 398 g/mol. The van der Waals surface area contributed by atoms with Crippen LogP contribution in [-0.2, 0) is 12.0 Å². The van der Waals surface area contributed by atoms with Crippen molar-refractivity contribution in [3.8, 4) is 11.5 Å². The zero-order chi connectivity index (χ0) is 23.3. The highest BCUT2D eigenvalue weighted by molar-refractivity contribution is 6.05. The molecule has 0 radical (unpaired) electrons. The van der Waals surface area contributed by atoms with Crippen LogP contribution in [0.4, 0.5) is 5.69 Å². The van der Waals surface area contributed by atoms with Crippen molar-refractivity contribution in [3.63, 3.8) is 0 Å². The largest absolute Gasteiger partial charge is 0.493 e. The van der Waals surface area contributed by atoms with E-state index in [2.05, 4.69) is 38.2 Å². The van der Waals surface area contributed by atoms with Crippen LogP contribution in [0.5, 0.6) is 11.5 Å². The summed E-state index contributed by atoms with van der Waals surface area (Å²) in [6.45, 7) is 13.4. The summed E-state index contributed by atoms with van der Waals surface area (Å²) in [4.78, 5) is 12.9. The minimum Gasteiger partial charge on any atom is -0.493 e. The normalized spacial score (nSPS) is 11.2. The molecule has 4 nitrogen and oxygen atoms in total. The van der Waals surface area contributed by atoms with Gasteiger partial charge in [0.1, 0.15) is 18.1 Å². The van der Waals surface area contributed by atoms with Gasteiger partial charge in [0, 0.05) is 16.8 Å². The standard InChI is InChI=1S/C28H33NO3/c1-7-31-26-16-11-21(27(30)29-25-10-8-9-19(2)20(25)3)17-22(26)18-32-24-14-12-23(13-15-24)28(4,5)6/h8-17H,7,18H2,1-6H3,(H,29,30). The Morgan fingerprint density at radius 2 is 1.66 bits per heavy atom. The number of ether oxygens (including phenoxy) is 2. The molecule has 168 valence electrons. The molecule has 0 aliphatic carbocycles. The maximum absolute atomic E-state index is 12.9. The first-order valence-electron chi connectivity index (χ1n) is 11.1. The van der Waals surface area contributed by atoms with E-state index in [0.29, 0.717) is 18.8 Å². The molecule has 32 heavy (non-hydrogen) atoms. The number of nitrogens with one attached hydrogen (secondary N) is 1. The fourth-order valence-corrected chi connectivity index (χ4v) is 3.42. The van der Waals surface area contributed by atoms with Gasteiger partial charge in [-0.2, -0.15) is 0 Å². The summed E-state index contributed by atoms with van der Waals surface area (Å²) in [6.07, 6.45) is 0. The molecule has 0 spiro atoms. The van der Waals surface area contributed by atoms with Crippen molar-refractivity contribution < 1.29 is 14.3 Å². The Kier molecular flexibility index (Phi) is 7.24. The summed E-state index contributed by atoms with van der Waals surface area (Å²) in [6, 6.07) is 19.5. The van der Waals surface area contributed by atoms with Gasteiger partial charge in [0.2, 0.25) is 0 Å². The van der Waals surface area contributed by atoms with E-state index in [1.54, 1.807) is 6.07 Å². The first-order valence-corrected chi connectivity index (χ1v) is 11.1. The molecule has 3 rings (SSSR count). The van der Waals surface area contributed by atoms with Gasteiger partial charge < -0.3 is 14.8 Å². The lowest BCUT2D eigenvalue weighted by Crippen LogP contribution is -2.14. The summed E-state index contributed by atoms with van der Waals surface area (Å²) >= 11 is 0. The maximum atomic E-state index is 12.9. The fraction of sp³-hybridized carbons (Fsp3) is 0.321. The van der Waals surface area contributed by atoms with Crippen LogP contribution in [0, 0.1) is 13.8 Å². The smallest absolute Gasteiger partial charge is 0.255 e. The zero-order valence-corrected chi connectivity index (χ0v) is 19.9. The Hall–Kier alpha value is -3.27. The summed E-state index contributed by atoms with van der Waals surface area (Å²) in [5, 5.41) is 3.02. The number of anilines is 1. The molecule has 4 heteroatoms. The van der Waals surface area contributed by atoms with Crippen LogP contribution in [-0.4, -0.2) is 12.5 Å². The van der Waals surface area contributed by atoms with Gasteiger partial charge in [-0.25, -0.2) is 0 Å². The molecule has 3 aromatic rings. The average molecular weight is 432 g/mol. The number of amides is 1. The number of carbonyl (C=O) groups excluding carboxylic acids is 1. The second-order valence-electron chi connectivity index (χ2n) is 9.02. The van der Waals surface area contributed by atoms with E-state index < -0.39 is 0 Å². The molecular formula is C28H33NO3.